The van der Waals surface area contributed by atoms with Crippen LogP contribution in [0.2, 0.25) is 0 Å². The number of esters is 1. The Morgan fingerprint density at radius 1 is 1.07 bits per heavy atom. The van der Waals surface area contributed by atoms with Crippen molar-refractivity contribution in [2.45, 2.75) is 40.3 Å². The topological polar surface area (TPSA) is 84.0 Å². The third-order valence-electron chi connectivity index (χ3n) is 6.83. The van der Waals surface area contributed by atoms with Gasteiger partial charge < -0.3 is 18.8 Å². The van der Waals surface area contributed by atoms with Crippen molar-refractivity contribution in [3.8, 4) is 11.5 Å². The first-order chi connectivity index (χ1) is 19.9. The maximum Gasteiger partial charge on any atom is 0.338 e. The molecule has 0 amide bonds. The number of para-hydroxylation sites is 1. The lowest BCUT2D eigenvalue weighted by atomic mass is 9.95. The van der Waals surface area contributed by atoms with Crippen LogP contribution in [0.15, 0.2) is 82.4 Å². The number of allylic oxidation sites excluding steroid dienone is 2. The van der Waals surface area contributed by atoms with Crippen LogP contribution in [-0.4, -0.2) is 34.9 Å². The maximum absolute atomic E-state index is 14.1. The molecule has 3 heterocycles. The van der Waals surface area contributed by atoms with Gasteiger partial charge in [-0.05, 0) is 57.5 Å². The molecule has 1 aliphatic heterocycles. The molecule has 2 aromatic carbocycles. The molecule has 212 valence electrons. The average molecular weight is 572 g/mol. The van der Waals surface area contributed by atoms with E-state index in [0.717, 1.165) is 16.5 Å². The molecule has 0 unspecified atom stereocenters. The fourth-order valence-electron chi connectivity index (χ4n) is 5.17. The summed E-state index contributed by atoms with van der Waals surface area (Å²) in [6.45, 7) is 13.0. The van der Waals surface area contributed by atoms with Crippen LogP contribution in [0.4, 0.5) is 0 Å². The zero-order chi connectivity index (χ0) is 29.1. The molecule has 0 bridgehead atoms. The number of rotatable bonds is 10. The van der Waals surface area contributed by atoms with Crippen molar-refractivity contribution in [2.24, 2.45) is 4.99 Å². The Morgan fingerprint density at radius 3 is 2.56 bits per heavy atom. The number of hydrogen-bond acceptors (Lipinski definition) is 7. The van der Waals surface area contributed by atoms with Gasteiger partial charge in [0.1, 0.15) is 0 Å². The van der Waals surface area contributed by atoms with E-state index in [4.69, 9.17) is 19.2 Å². The third kappa shape index (κ3) is 5.25. The highest BCUT2D eigenvalue weighted by Crippen LogP contribution is 2.36. The molecule has 0 radical (unpaired) electrons. The molecular weight excluding hydrogens is 538 g/mol. The summed E-state index contributed by atoms with van der Waals surface area (Å²) < 4.78 is 21.3. The smallest absolute Gasteiger partial charge is 0.338 e. The first-order valence-corrected chi connectivity index (χ1v) is 14.5. The molecule has 0 fully saturated rings. The number of benzene rings is 2. The van der Waals surface area contributed by atoms with Gasteiger partial charge in [0.15, 0.2) is 16.3 Å². The summed E-state index contributed by atoms with van der Waals surface area (Å²) >= 11 is 1.30. The Morgan fingerprint density at radius 2 is 1.83 bits per heavy atom. The molecule has 0 saturated carbocycles. The molecule has 4 aromatic rings. The number of aromatic nitrogens is 2. The van der Waals surface area contributed by atoms with E-state index < -0.39 is 12.0 Å². The number of nitrogens with zero attached hydrogens (tertiary/aromatic N) is 3. The van der Waals surface area contributed by atoms with Crippen LogP contribution in [0.1, 0.15) is 44.9 Å². The summed E-state index contributed by atoms with van der Waals surface area (Å²) in [5, 5.41) is 1.04. The minimum absolute atomic E-state index is 0.203. The lowest BCUT2D eigenvalue weighted by Crippen LogP contribution is -2.40. The van der Waals surface area contributed by atoms with E-state index in [0.29, 0.717) is 57.4 Å². The van der Waals surface area contributed by atoms with E-state index in [1.165, 1.54) is 11.3 Å². The number of carbonyl (C=O) groups is 1. The van der Waals surface area contributed by atoms with Crippen molar-refractivity contribution in [1.82, 2.24) is 9.13 Å². The molecule has 0 aliphatic carbocycles. The maximum atomic E-state index is 14.1. The molecule has 2 aromatic heterocycles. The highest BCUT2D eigenvalue weighted by atomic mass is 32.1. The molecular formula is C32H33N3O5S. The van der Waals surface area contributed by atoms with Gasteiger partial charge in [-0.3, -0.25) is 9.36 Å². The molecule has 9 heteroatoms. The van der Waals surface area contributed by atoms with Crippen LogP contribution in [0.3, 0.4) is 0 Å². The standard InChI is InChI=1S/C32H33N3O5S/c1-6-16-34-19-22(23-12-10-11-13-24(23)34)18-27-30(36)35-29(21-14-15-25(38-7-2)26(17-21)39-8-3)28(31(37)40-9-4)20(5)33-32(35)41-27/h6,10-15,17-19,29H,1,7-9,16H2,2-5H3/t29-/m0/s1. The zero-order valence-electron chi connectivity index (χ0n) is 23.7. The van der Waals surface area contributed by atoms with Crippen LogP contribution < -0.4 is 24.4 Å². The minimum atomic E-state index is -0.746. The Hall–Kier alpha value is -4.37. The van der Waals surface area contributed by atoms with Crippen molar-refractivity contribution in [3.63, 3.8) is 0 Å². The molecule has 0 spiro atoms. The Labute approximate surface area is 242 Å². The molecule has 0 N–H and O–H groups in total. The quantitative estimate of drug-likeness (QED) is 0.203. The van der Waals surface area contributed by atoms with Crippen molar-refractivity contribution in [1.29, 1.82) is 0 Å². The molecule has 41 heavy (non-hydrogen) atoms. The van der Waals surface area contributed by atoms with E-state index in [1.54, 1.807) is 18.4 Å². The summed E-state index contributed by atoms with van der Waals surface area (Å²) in [6.07, 6.45) is 5.77. The van der Waals surface area contributed by atoms with E-state index in [9.17, 15) is 9.59 Å². The van der Waals surface area contributed by atoms with E-state index in [1.807, 2.05) is 68.6 Å². The lowest BCUT2D eigenvalue weighted by molar-refractivity contribution is -0.139. The van der Waals surface area contributed by atoms with Crippen molar-refractivity contribution >= 4 is 34.3 Å². The predicted octanol–water partition coefficient (Wildman–Crippen LogP) is 4.74. The number of hydrogen-bond donors (Lipinski definition) is 0. The van der Waals surface area contributed by atoms with E-state index in [2.05, 4.69) is 17.2 Å². The Bertz CT molecular complexity index is 1840. The third-order valence-corrected chi connectivity index (χ3v) is 7.81. The number of fused-ring (bicyclic) bond motifs is 2. The predicted molar refractivity (Wildman–Crippen MR) is 161 cm³/mol. The summed E-state index contributed by atoms with van der Waals surface area (Å²) in [7, 11) is 0. The van der Waals surface area contributed by atoms with Crippen LogP contribution in [0.5, 0.6) is 11.5 Å². The Balaban J connectivity index is 1.73. The van der Waals surface area contributed by atoms with E-state index in [-0.39, 0.29) is 12.2 Å². The van der Waals surface area contributed by atoms with Gasteiger partial charge in [0.05, 0.1) is 41.7 Å². The highest BCUT2D eigenvalue weighted by molar-refractivity contribution is 7.07. The molecule has 1 atom stereocenters. The normalized spacial score (nSPS) is 15.0. The van der Waals surface area contributed by atoms with Crippen LogP contribution in [0.25, 0.3) is 17.0 Å². The number of thiazole rings is 1. The van der Waals surface area contributed by atoms with Crippen LogP contribution in [-0.2, 0) is 16.1 Å². The first-order valence-electron chi connectivity index (χ1n) is 13.7. The second-order valence-electron chi connectivity index (χ2n) is 9.42. The fourth-order valence-corrected chi connectivity index (χ4v) is 6.20. The van der Waals surface area contributed by atoms with Gasteiger partial charge in [0.25, 0.3) is 5.56 Å². The lowest BCUT2D eigenvalue weighted by Gasteiger charge is -2.25. The van der Waals surface area contributed by atoms with Gasteiger partial charge in [0.2, 0.25) is 0 Å². The summed E-state index contributed by atoms with van der Waals surface area (Å²) in [5.74, 6) is 0.633. The molecule has 0 saturated heterocycles. The van der Waals surface area contributed by atoms with Gasteiger partial charge in [-0.1, -0.05) is 41.7 Å². The summed E-state index contributed by atoms with van der Waals surface area (Å²) in [5.41, 5.74) is 3.27. The van der Waals surface area contributed by atoms with Gasteiger partial charge in [-0.25, -0.2) is 9.79 Å². The summed E-state index contributed by atoms with van der Waals surface area (Å²) in [4.78, 5) is 32.6. The van der Waals surface area contributed by atoms with Gasteiger partial charge in [0, 0.05) is 29.2 Å². The second kappa shape index (κ2) is 12.0. The van der Waals surface area contributed by atoms with Crippen molar-refractivity contribution in [3.05, 3.63) is 103 Å². The number of carbonyl (C=O) groups excluding carboxylic acids is 1. The largest absolute Gasteiger partial charge is 0.490 e. The van der Waals surface area contributed by atoms with E-state index >= 15 is 0 Å². The first kappa shape index (κ1) is 28.2. The van der Waals surface area contributed by atoms with Gasteiger partial charge >= 0.3 is 5.97 Å². The minimum Gasteiger partial charge on any atom is -0.490 e. The van der Waals surface area contributed by atoms with Crippen molar-refractivity contribution < 1.29 is 19.0 Å². The van der Waals surface area contributed by atoms with Gasteiger partial charge in [-0.15, -0.1) is 6.58 Å². The Kier molecular flexibility index (Phi) is 8.26. The monoisotopic (exact) mass is 571 g/mol. The zero-order valence-corrected chi connectivity index (χ0v) is 24.5. The highest BCUT2D eigenvalue weighted by Gasteiger charge is 2.34. The number of ether oxygens (including phenoxy) is 3. The van der Waals surface area contributed by atoms with Crippen molar-refractivity contribution in [2.75, 3.05) is 19.8 Å². The molecule has 8 nitrogen and oxygen atoms in total. The molecule has 5 rings (SSSR count). The second-order valence-corrected chi connectivity index (χ2v) is 10.4. The van der Waals surface area contributed by atoms with Gasteiger partial charge in [-0.2, -0.15) is 0 Å². The fraction of sp³-hybridized carbons (Fsp3) is 0.281. The SMILES string of the molecule is C=CCn1cc(C=c2sc3n(c2=O)[C@@H](c2ccc(OCC)c(OCC)c2)C(C(=O)OCC)=C(C)N=3)c2ccccc21. The van der Waals surface area contributed by atoms with Crippen LogP contribution in [0, 0.1) is 0 Å². The molecule has 1 aliphatic rings. The van der Waals surface area contributed by atoms with Crippen LogP contribution >= 0.6 is 11.3 Å². The summed E-state index contributed by atoms with van der Waals surface area (Å²) in [6, 6.07) is 12.8. The average Bonchev–Trinajstić information content (AvgIpc) is 3.46.